The van der Waals surface area contributed by atoms with Gasteiger partial charge >= 0.3 is 6.18 Å². The number of allylic oxidation sites excluding steroid dienone is 4. The molecule has 5 heteroatoms. The molecule has 2 nitrogen and oxygen atoms in total. The minimum absolute atomic E-state index is 0.0779. The Bertz CT molecular complexity index is 574. The zero-order valence-corrected chi connectivity index (χ0v) is 21.7. The van der Waals surface area contributed by atoms with Crippen LogP contribution in [0.5, 0.6) is 0 Å². The van der Waals surface area contributed by atoms with Crippen LogP contribution in [-0.4, -0.2) is 31.6 Å². The third-order valence-electron chi connectivity index (χ3n) is 7.90. The molecule has 0 aliphatic heterocycles. The molecular weight excluding hydrogens is 425 g/mol. The van der Waals surface area contributed by atoms with E-state index in [1.54, 1.807) is 14.0 Å². The van der Waals surface area contributed by atoms with Gasteiger partial charge in [-0.15, -0.1) is 0 Å². The molecule has 1 saturated carbocycles. The van der Waals surface area contributed by atoms with Crippen molar-refractivity contribution in [3.05, 3.63) is 23.3 Å². The van der Waals surface area contributed by atoms with Gasteiger partial charge in [-0.25, -0.2) is 0 Å². The van der Waals surface area contributed by atoms with E-state index in [9.17, 15) is 18.3 Å². The van der Waals surface area contributed by atoms with Crippen LogP contribution in [-0.2, 0) is 4.74 Å². The maximum absolute atomic E-state index is 12.4. The first-order valence-electron chi connectivity index (χ1n) is 13.1. The second kappa shape index (κ2) is 16.0. The number of rotatable bonds is 15. The molecule has 1 N–H and O–H groups in total. The van der Waals surface area contributed by atoms with Gasteiger partial charge in [0.25, 0.3) is 0 Å². The summed E-state index contributed by atoms with van der Waals surface area (Å²) >= 11 is 0. The highest BCUT2D eigenvalue weighted by atomic mass is 19.4. The van der Waals surface area contributed by atoms with E-state index >= 15 is 0 Å². The molecule has 0 aromatic heterocycles. The molecule has 1 aliphatic carbocycles. The van der Waals surface area contributed by atoms with Crippen LogP contribution >= 0.6 is 0 Å². The summed E-state index contributed by atoms with van der Waals surface area (Å²) in [5, 5.41) is 9.35. The molecule has 194 valence electrons. The fourth-order valence-corrected chi connectivity index (χ4v) is 5.15. The third kappa shape index (κ3) is 13.6. The van der Waals surface area contributed by atoms with E-state index in [-0.39, 0.29) is 13.0 Å². The average molecular weight is 475 g/mol. The largest absolute Gasteiger partial charge is 0.396 e. The number of aliphatic hydroxyl groups is 1. The van der Waals surface area contributed by atoms with Crippen LogP contribution < -0.4 is 0 Å². The summed E-state index contributed by atoms with van der Waals surface area (Å²) in [4.78, 5) is 0. The van der Waals surface area contributed by atoms with Crippen LogP contribution in [0.15, 0.2) is 23.3 Å². The number of hydrogen-bond donors (Lipinski definition) is 1. The monoisotopic (exact) mass is 474 g/mol. The number of aliphatic hydroxyl groups excluding tert-OH is 1. The number of hydrogen-bond acceptors (Lipinski definition) is 2. The van der Waals surface area contributed by atoms with Gasteiger partial charge < -0.3 is 9.84 Å². The Balaban J connectivity index is 2.38. The molecule has 0 amide bonds. The van der Waals surface area contributed by atoms with Crippen LogP contribution in [0.3, 0.4) is 0 Å². The van der Waals surface area contributed by atoms with Crippen molar-refractivity contribution in [2.45, 2.75) is 105 Å². The van der Waals surface area contributed by atoms with Crippen LogP contribution in [0.4, 0.5) is 13.2 Å². The Morgan fingerprint density at radius 2 is 1.67 bits per heavy atom. The molecule has 1 aliphatic rings. The lowest BCUT2D eigenvalue weighted by molar-refractivity contribution is -0.133. The Kier molecular flexibility index (Phi) is 14.6. The SMILES string of the molecule is COCCC(CCO)CC1CCC(C(C)CCC(C)/C(C)=C/C=C(\C)CCC(F)(F)F)CC1. The maximum Gasteiger partial charge on any atom is 0.389 e. The van der Waals surface area contributed by atoms with Crippen molar-refractivity contribution >= 4 is 0 Å². The summed E-state index contributed by atoms with van der Waals surface area (Å²) in [6, 6.07) is 0. The van der Waals surface area contributed by atoms with Gasteiger partial charge in [0, 0.05) is 26.7 Å². The second-order valence-corrected chi connectivity index (χ2v) is 10.7. The Labute approximate surface area is 201 Å². The van der Waals surface area contributed by atoms with Gasteiger partial charge in [-0.2, -0.15) is 13.2 Å². The predicted octanol–water partition coefficient (Wildman–Crippen LogP) is 8.51. The van der Waals surface area contributed by atoms with E-state index in [0.29, 0.717) is 17.8 Å². The van der Waals surface area contributed by atoms with Crippen molar-refractivity contribution in [3.8, 4) is 0 Å². The topological polar surface area (TPSA) is 29.5 Å². The van der Waals surface area contributed by atoms with Gasteiger partial charge in [0.1, 0.15) is 0 Å². The first-order valence-corrected chi connectivity index (χ1v) is 13.1. The molecule has 0 aromatic carbocycles. The lowest BCUT2D eigenvalue weighted by Gasteiger charge is -2.34. The van der Waals surface area contributed by atoms with Gasteiger partial charge in [0.2, 0.25) is 0 Å². The van der Waals surface area contributed by atoms with Crippen molar-refractivity contribution in [1.29, 1.82) is 0 Å². The lowest BCUT2D eigenvalue weighted by atomic mass is 9.72. The Morgan fingerprint density at radius 1 is 1.00 bits per heavy atom. The molecule has 0 spiro atoms. The summed E-state index contributed by atoms with van der Waals surface area (Å²) in [5.74, 6) is 3.34. The average Bonchev–Trinajstić information content (AvgIpc) is 2.77. The normalized spacial score (nSPS) is 23.4. The van der Waals surface area contributed by atoms with Gasteiger partial charge in [0.15, 0.2) is 0 Å². The molecule has 3 atom stereocenters. The molecule has 0 aromatic rings. The molecular formula is C28H49F3O2. The third-order valence-corrected chi connectivity index (χ3v) is 7.90. The highest BCUT2D eigenvalue weighted by Gasteiger charge is 2.27. The van der Waals surface area contributed by atoms with Crippen molar-refractivity contribution in [2.75, 3.05) is 20.3 Å². The second-order valence-electron chi connectivity index (χ2n) is 10.7. The summed E-state index contributed by atoms with van der Waals surface area (Å²) in [6.45, 7) is 9.56. The number of ether oxygens (including phenoxy) is 1. The number of alkyl halides is 3. The molecule has 0 heterocycles. The summed E-state index contributed by atoms with van der Waals surface area (Å²) < 4.78 is 42.3. The summed E-state index contributed by atoms with van der Waals surface area (Å²) in [5.41, 5.74) is 2.04. The predicted molar refractivity (Wildman–Crippen MR) is 132 cm³/mol. The van der Waals surface area contributed by atoms with E-state index in [4.69, 9.17) is 4.74 Å². The Hall–Kier alpha value is -0.810. The molecule has 33 heavy (non-hydrogen) atoms. The minimum atomic E-state index is -4.08. The summed E-state index contributed by atoms with van der Waals surface area (Å²) in [7, 11) is 1.75. The van der Waals surface area contributed by atoms with Gasteiger partial charge in [-0.3, -0.25) is 0 Å². The highest BCUT2D eigenvalue weighted by Crippen LogP contribution is 2.39. The van der Waals surface area contributed by atoms with Crippen molar-refractivity contribution < 1.29 is 23.0 Å². The smallest absolute Gasteiger partial charge is 0.389 e. The zero-order chi connectivity index (χ0) is 24.9. The van der Waals surface area contributed by atoms with Crippen LogP contribution in [0.2, 0.25) is 0 Å². The van der Waals surface area contributed by atoms with E-state index in [1.165, 1.54) is 44.1 Å². The van der Waals surface area contributed by atoms with Crippen LogP contribution in [0.1, 0.15) is 98.3 Å². The quantitative estimate of drug-likeness (QED) is 0.241. The first kappa shape index (κ1) is 30.2. The summed E-state index contributed by atoms with van der Waals surface area (Å²) in [6.07, 6.45) is 9.87. The van der Waals surface area contributed by atoms with E-state index in [2.05, 4.69) is 20.8 Å². The van der Waals surface area contributed by atoms with Gasteiger partial charge in [-0.1, -0.05) is 50.0 Å². The maximum atomic E-state index is 12.4. The fraction of sp³-hybridized carbons (Fsp3) is 0.857. The molecule has 1 rings (SSSR count). The fourth-order valence-electron chi connectivity index (χ4n) is 5.15. The van der Waals surface area contributed by atoms with Gasteiger partial charge in [0.05, 0.1) is 0 Å². The molecule has 0 saturated heterocycles. The molecule has 1 fully saturated rings. The van der Waals surface area contributed by atoms with Crippen molar-refractivity contribution in [3.63, 3.8) is 0 Å². The molecule has 0 bridgehead atoms. The van der Waals surface area contributed by atoms with E-state index < -0.39 is 12.6 Å². The molecule has 3 unspecified atom stereocenters. The van der Waals surface area contributed by atoms with E-state index in [0.717, 1.165) is 43.3 Å². The van der Waals surface area contributed by atoms with Crippen molar-refractivity contribution in [2.24, 2.45) is 29.6 Å². The van der Waals surface area contributed by atoms with Crippen LogP contribution in [0, 0.1) is 29.6 Å². The van der Waals surface area contributed by atoms with Crippen LogP contribution in [0.25, 0.3) is 0 Å². The standard InChI is InChI=1S/C28H49F3O2/c1-21(14-17-28(29,30)31)6-7-22(2)23(3)8-9-24(4)27-12-10-25(11-13-27)20-26(15-18-32)16-19-33-5/h6-7,23-27,32H,8-20H2,1-5H3/b21-6+,22-7+. The number of methoxy groups -OCH3 is 1. The zero-order valence-electron chi connectivity index (χ0n) is 21.7. The Morgan fingerprint density at radius 3 is 2.24 bits per heavy atom. The minimum Gasteiger partial charge on any atom is -0.396 e. The lowest BCUT2D eigenvalue weighted by Crippen LogP contribution is -2.22. The first-order chi connectivity index (χ1) is 15.6. The van der Waals surface area contributed by atoms with Gasteiger partial charge in [-0.05, 0) is 94.8 Å². The molecule has 0 radical (unpaired) electrons. The van der Waals surface area contributed by atoms with E-state index in [1.807, 2.05) is 12.2 Å². The van der Waals surface area contributed by atoms with Crippen molar-refractivity contribution in [1.82, 2.24) is 0 Å². The highest BCUT2D eigenvalue weighted by molar-refractivity contribution is 5.17. The number of halogens is 3.